The SMILES string of the molecule is c1np[siH][pH]1. The molecule has 26 valence electrons. The first kappa shape index (κ1) is 3.67. The lowest BCUT2D eigenvalue weighted by molar-refractivity contribution is 1.65. The minimum atomic E-state index is 0.704. The Morgan fingerprint density at radius 1 is 2.00 bits per heavy atom. The van der Waals surface area contributed by atoms with E-state index in [1.54, 1.807) is 0 Å². The topological polar surface area (TPSA) is 12.9 Å². The number of nitrogens with zero attached hydrogens (tertiary/aromatic N) is 1. The Labute approximate surface area is 35.5 Å². The Hall–Kier alpha value is 0.487. The summed E-state index contributed by atoms with van der Waals surface area (Å²) in [6.07, 6.45) is 0. The lowest BCUT2D eigenvalue weighted by Gasteiger charge is -1.42. The Kier molecular flexibility index (Phi) is 1.33. The van der Waals surface area contributed by atoms with E-state index >= 15 is 0 Å². The summed E-state index contributed by atoms with van der Waals surface area (Å²) in [5.74, 6) is 2.04. The van der Waals surface area contributed by atoms with Crippen LogP contribution < -0.4 is 0 Å². The van der Waals surface area contributed by atoms with Gasteiger partial charge in [0.25, 0.3) is 0 Å². The van der Waals surface area contributed by atoms with Crippen LogP contribution in [0.1, 0.15) is 0 Å². The summed E-state index contributed by atoms with van der Waals surface area (Å²) in [7, 11) is 3.15. The van der Waals surface area contributed by atoms with Gasteiger partial charge in [-0.1, -0.05) is 0 Å². The van der Waals surface area contributed by atoms with Crippen LogP contribution in [0.25, 0.3) is 0 Å². The van der Waals surface area contributed by atoms with Crippen molar-refractivity contribution >= 4 is 24.0 Å². The first-order valence-electron chi connectivity index (χ1n) is 1.29. The van der Waals surface area contributed by atoms with E-state index in [-0.39, 0.29) is 0 Å². The third-order valence-corrected chi connectivity index (χ3v) is 5.36. The molecule has 5 heavy (non-hydrogen) atoms. The highest BCUT2D eigenvalue weighted by molar-refractivity contribution is 7.75. The van der Waals surface area contributed by atoms with Gasteiger partial charge in [0.05, 0.1) is 0 Å². The second kappa shape index (κ2) is 1.81. The standard InChI is InChI=1S/CH3NP2Si/c1-2-4-5-3-1/h1,3,5H. The third-order valence-electron chi connectivity index (χ3n) is 0.331. The predicted octanol–water partition coefficient (Wildman–Crippen LogP) is 0.763. The van der Waals surface area contributed by atoms with Gasteiger partial charge in [0.15, 0.2) is 0 Å². The van der Waals surface area contributed by atoms with E-state index in [4.69, 9.17) is 0 Å². The summed E-state index contributed by atoms with van der Waals surface area (Å²) in [5, 5.41) is 0. The molecular weight excluding hydrogens is 116 g/mol. The molecule has 1 rings (SSSR count). The number of aromatic nitrogens is 1. The molecule has 1 nitrogen and oxygen atoms in total. The molecule has 0 radical (unpaired) electrons. The first-order chi connectivity index (χ1) is 2.50. The molecule has 0 aromatic carbocycles. The van der Waals surface area contributed by atoms with Crippen LogP contribution in [-0.4, -0.2) is 13.2 Å². The molecule has 0 bridgehead atoms. The first-order valence-corrected chi connectivity index (χ1v) is 6.65. The quantitative estimate of drug-likeness (QED) is 0.459. The van der Waals surface area contributed by atoms with Crippen molar-refractivity contribution in [3.8, 4) is 0 Å². The van der Waals surface area contributed by atoms with Gasteiger partial charge >= 0.3 is 0 Å². The van der Waals surface area contributed by atoms with Crippen LogP contribution in [-0.2, 0) is 0 Å². The normalized spacial score (nSPS) is 11.2. The molecule has 1 atom stereocenters. The second-order valence-electron chi connectivity index (χ2n) is 0.656. The molecule has 0 saturated carbocycles. The Balaban J connectivity index is 3.13. The monoisotopic (exact) mass is 119 g/mol. The van der Waals surface area contributed by atoms with E-state index in [1.807, 2.05) is 5.93 Å². The molecule has 0 fully saturated rings. The van der Waals surface area contributed by atoms with E-state index in [2.05, 4.69) is 4.75 Å². The van der Waals surface area contributed by atoms with Crippen molar-refractivity contribution < 1.29 is 0 Å². The lowest BCUT2D eigenvalue weighted by atomic mass is 11.7. The van der Waals surface area contributed by atoms with E-state index in [0.29, 0.717) is 8.43 Å². The van der Waals surface area contributed by atoms with Crippen molar-refractivity contribution in [2.45, 2.75) is 0 Å². The molecule has 0 amide bonds. The largest absolute Gasteiger partial charge is 0.239 e. The molecule has 4 heteroatoms. The van der Waals surface area contributed by atoms with Crippen molar-refractivity contribution in [2.75, 3.05) is 0 Å². The molecule has 0 N–H and O–H groups in total. The zero-order chi connectivity index (χ0) is 3.54. The van der Waals surface area contributed by atoms with Gasteiger partial charge in [-0.3, -0.25) is 0 Å². The number of hydrogen-bond donors (Lipinski definition) is 0. The van der Waals surface area contributed by atoms with Crippen LogP contribution >= 0.6 is 15.6 Å². The van der Waals surface area contributed by atoms with Gasteiger partial charge in [-0.05, 0) is 0 Å². The van der Waals surface area contributed by atoms with Crippen molar-refractivity contribution in [2.24, 2.45) is 0 Å². The van der Waals surface area contributed by atoms with E-state index in [9.17, 15) is 0 Å². The van der Waals surface area contributed by atoms with Crippen LogP contribution in [0.15, 0.2) is 5.93 Å². The molecular formula is CH3NP2Si. The lowest BCUT2D eigenvalue weighted by Crippen LogP contribution is -1.27. The van der Waals surface area contributed by atoms with Crippen molar-refractivity contribution in [3.05, 3.63) is 5.93 Å². The highest BCUT2D eigenvalue weighted by atomic mass is 31.4. The maximum absolute atomic E-state index is 3.98. The van der Waals surface area contributed by atoms with Crippen LogP contribution in [0, 0.1) is 0 Å². The molecule has 0 aliphatic rings. The average molecular weight is 119 g/mol. The van der Waals surface area contributed by atoms with Crippen LogP contribution in [0.5, 0.6) is 0 Å². The maximum atomic E-state index is 3.98. The highest BCUT2D eigenvalue weighted by Crippen LogP contribution is 1.98. The molecule has 0 saturated heterocycles. The molecule has 1 heterocycles. The van der Waals surface area contributed by atoms with Crippen molar-refractivity contribution in [1.29, 1.82) is 0 Å². The molecule has 1 aromatic heterocycles. The van der Waals surface area contributed by atoms with E-state index in [0.717, 1.165) is 7.73 Å². The molecule has 1 aromatic rings. The van der Waals surface area contributed by atoms with Gasteiger partial charge in [0, 0.05) is 13.8 Å². The van der Waals surface area contributed by atoms with Gasteiger partial charge in [-0.15, -0.1) is 7.73 Å². The van der Waals surface area contributed by atoms with Crippen molar-refractivity contribution in [3.63, 3.8) is 0 Å². The van der Waals surface area contributed by atoms with Gasteiger partial charge < -0.3 is 0 Å². The summed E-state index contributed by atoms with van der Waals surface area (Å²) in [6.45, 7) is 0. The molecule has 0 spiro atoms. The molecule has 0 aliphatic heterocycles. The average Bonchev–Trinajstić information content (AvgIpc) is 1.76. The van der Waals surface area contributed by atoms with Crippen LogP contribution in [0.4, 0.5) is 0 Å². The zero-order valence-corrected chi connectivity index (χ0v) is 5.60. The molecule has 0 aliphatic carbocycles. The van der Waals surface area contributed by atoms with Gasteiger partial charge in [0.1, 0.15) is 8.43 Å². The minimum Gasteiger partial charge on any atom is -0.239 e. The zero-order valence-electron chi connectivity index (χ0n) is 2.55. The smallest absolute Gasteiger partial charge is 0.106 e. The third kappa shape index (κ3) is 0.922. The van der Waals surface area contributed by atoms with Crippen molar-refractivity contribution in [1.82, 2.24) is 4.75 Å². The van der Waals surface area contributed by atoms with Gasteiger partial charge in [-0.2, -0.15) is 0 Å². The van der Waals surface area contributed by atoms with E-state index < -0.39 is 0 Å². The predicted molar refractivity (Wildman–Crippen MR) is 29.0 cm³/mol. The Morgan fingerprint density at radius 3 is 3.20 bits per heavy atom. The fourth-order valence-corrected chi connectivity index (χ4v) is 4.50. The Morgan fingerprint density at radius 2 is 3.00 bits per heavy atom. The second-order valence-corrected chi connectivity index (χ2v) is 6.76. The summed E-state index contributed by atoms with van der Waals surface area (Å²) in [5.41, 5.74) is 0. The van der Waals surface area contributed by atoms with Gasteiger partial charge in [0.2, 0.25) is 0 Å². The summed E-state index contributed by atoms with van der Waals surface area (Å²) in [6, 6.07) is 0. The van der Waals surface area contributed by atoms with Crippen LogP contribution in [0.3, 0.4) is 0 Å². The van der Waals surface area contributed by atoms with Crippen LogP contribution in [0.2, 0.25) is 0 Å². The number of rotatable bonds is 0. The summed E-state index contributed by atoms with van der Waals surface area (Å²) >= 11 is 0. The minimum absolute atomic E-state index is 0.704. The Bertz CT molecular complexity index is 66.1. The fourth-order valence-electron chi connectivity index (χ4n) is 0.167. The van der Waals surface area contributed by atoms with Gasteiger partial charge in [-0.25, -0.2) is 4.75 Å². The highest BCUT2D eigenvalue weighted by Gasteiger charge is 1.60. The fraction of sp³-hybridized carbons (Fsp3) is 0. The maximum Gasteiger partial charge on any atom is 0.106 e. The van der Waals surface area contributed by atoms with E-state index in [1.165, 1.54) is 7.88 Å². The summed E-state index contributed by atoms with van der Waals surface area (Å²) < 4.78 is 3.98. The molecule has 1 unspecified atom stereocenters. The number of hydrogen-bond acceptors (Lipinski definition) is 1. The summed E-state index contributed by atoms with van der Waals surface area (Å²) in [4.78, 5) is 0.